The van der Waals surface area contributed by atoms with E-state index in [4.69, 9.17) is 10.5 Å². The van der Waals surface area contributed by atoms with Gasteiger partial charge in [-0.15, -0.1) is 0 Å². The summed E-state index contributed by atoms with van der Waals surface area (Å²) in [5, 5.41) is 6.65. The number of anilines is 1. The van der Waals surface area contributed by atoms with Crippen LogP contribution in [0.25, 0.3) is 0 Å². The largest absolute Gasteiger partial charge is 0.484 e. The number of nitrogens with zero attached hydrogens (tertiary/aromatic N) is 2. The number of benzene rings is 1. The van der Waals surface area contributed by atoms with Crippen LogP contribution in [0.5, 0.6) is 5.75 Å². The second kappa shape index (κ2) is 5.87. The van der Waals surface area contributed by atoms with Crippen molar-refractivity contribution in [1.82, 2.24) is 9.78 Å². The van der Waals surface area contributed by atoms with E-state index in [0.717, 1.165) is 0 Å². The Bertz CT molecular complexity index is 619. The van der Waals surface area contributed by atoms with Gasteiger partial charge in [0.2, 0.25) is 0 Å². The molecule has 104 valence electrons. The van der Waals surface area contributed by atoms with Crippen molar-refractivity contribution in [1.29, 1.82) is 0 Å². The molecule has 3 N–H and O–H groups in total. The van der Waals surface area contributed by atoms with Gasteiger partial charge in [-0.25, -0.2) is 0 Å². The SMILES string of the molecule is Cn1cc(C(=O)Nc2ccc(OCC(N)=O)cc2)cn1. The molecule has 0 saturated carbocycles. The third-order valence-electron chi connectivity index (χ3n) is 2.46. The van der Waals surface area contributed by atoms with Gasteiger partial charge in [-0.3, -0.25) is 14.3 Å². The van der Waals surface area contributed by atoms with Crippen LogP contribution in [0.2, 0.25) is 0 Å². The molecule has 2 amide bonds. The number of aryl methyl sites for hydroxylation is 1. The van der Waals surface area contributed by atoms with Gasteiger partial charge in [-0.2, -0.15) is 5.10 Å². The lowest BCUT2D eigenvalue weighted by Crippen LogP contribution is -2.20. The zero-order valence-electron chi connectivity index (χ0n) is 10.9. The van der Waals surface area contributed by atoms with Gasteiger partial charge in [0, 0.05) is 18.9 Å². The Balaban J connectivity index is 1.96. The summed E-state index contributed by atoms with van der Waals surface area (Å²) in [4.78, 5) is 22.4. The minimum atomic E-state index is -0.543. The van der Waals surface area contributed by atoms with Crippen LogP contribution in [0.15, 0.2) is 36.7 Å². The van der Waals surface area contributed by atoms with Crippen LogP contribution in [0.4, 0.5) is 5.69 Å². The monoisotopic (exact) mass is 274 g/mol. The third kappa shape index (κ3) is 3.58. The summed E-state index contributed by atoms with van der Waals surface area (Å²) in [6.07, 6.45) is 3.11. The van der Waals surface area contributed by atoms with Crippen LogP contribution in [-0.2, 0) is 11.8 Å². The highest BCUT2D eigenvalue weighted by molar-refractivity contribution is 6.03. The van der Waals surface area contributed by atoms with E-state index < -0.39 is 5.91 Å². The van der Waals surface area contributed by atoms with Crippen LogP contribution >= 0.6 is 0 Å². The number of rotatable bonds is 5. The molecule has 0 unspecified atom stereocenters. The first-order valence-corrected chi connectivity index (χ1v) is 5.86. The molecule has 20 heavy (non-hydrogen) atoms. The number of carbonyl (C=O) groups is 2. The molecule has 1 aromatic heterocycles. The quantitative estimate of drug-likeness (QED) is 0.831. The lowest BCUT2D eigenvalue weighted by molar-refractivity contribution is -0.119. The summed E-state index contributed by atoms with van der Waals surface area (Å²) in [6, 6.07) is 6.62. The summed E-state index contributed by atoms with van der Waals surface area (Å²) < 4.78 is 6.67. The second-order valence-electron chi connectivity index (χ2n) is 4.14. The Kier molecular flexibility index (Phi) is 3.99. The van der Waals surface area contributed by atoms with Gasteiger partial charge in [0.1, 0.15) is 5.75 Å². The van der Waals surface area contributed by atoms with Crippen molar-refractivity contribution in [2.45, 2.75) is 0 Å². The van der Waals surface area contributed by atoms with E-state index in [1.54, 1.807) is 42.2 Å². The maximum absolute atomic E-state index is 11.9. The van der Waals surface area contributed by atoms with E-state index >= 15 is 0 Å². The number of carbonyl (C=O) groups excluding carboxylic acids is 2. The molecular formula is C13H14N4O3. The lowest BCUT2D eigenvalue weighted by atomic mass is 10.2. The smallest absolute Gasteiger partial charge is 0.258 e. The number of nitrogens with two attached hydrogens (primary N) is 1. The van der Waals surface area contributed by atoms with Crippen LogP contribution in [0, 0.1) is 0 Å². The first-order valence-electron chi connectivity index (χ1n) is 5.86. The summed E-state index contributed by atoms with van der Waals surface area (Å²) in [6.45, 7) is -0.179. The molecule has 2 rings (SSSR count). The highest BCUT2D eigenvalue weighted by Gasteiger charge is 2.08. The number of hydrogen-bond acceptors (Lipinski definition) is 4. The third-order valence-corrected chi connectivity index (χ3v) is 2.46. The number of aromatic nitrogens is 2. The molecule has 1 heterocycles. The van der Waals surface area contributed by atoms with E-state index in [1.807, 2.05) is 0 Å². The average molecular weight is 274 g/mol. The predicted molar refractivity (Wildman–Crippen MR) is 72.3 cm³/mol. The fourth-order valence-electron chi connectivity index (χ4n) is 1.53. The number of nitrogens with one attached hydrogen (secondary N) is 1. The molecular weight excluding hydrogens is 260 g/mol. The zero-order valence-corrected chi connectivity index (χ0v) is 10.9. The van der Waals surface area contributed by atoms with Gasteiger partial charge in [0.25, 0.3) is 11.8 Å². The zero-order chi connectivity index (χ0) is 14.5. The number of ether oxygens (including phenoxy) is 1. The van der Waals surface area contributed by atoms with Crippen molar-refractivity contribution >= 4 is 17.5 Å². The molecule has 0 aliphatic heterocycles. The summed E-state index contributed by atoms with van der Waals surface area (Å²) in [5.41, 5.74) is 6.06. The molecule has 0 radical (unpaired) electrons. The molecule has 0 saturated heterocycles. The first-order chi connectivity index (χ1) is 9.54. The van der Waals surface area contributed by atoms with E-state index in [-0.39, 0.29) is 12.5 Å². The van der Waals surface area contributed by atoms with Gasteiger partial charge in [-0.1, -0.05) is 0 Å². The first kappa shape index (κ1) is 13.6. The molecule has 0 bridgehead atoms. The Morgan fingerprint density at radius 1 is 1.35 bits per heavy atom. The van der Waals surface area contributed by atoms with E-state index in [9.17, 15) is 9.59 Å². The van der Waals surface area contributed by atoms with Gasteiger partial charge in [0.15, 0.2) is 6.61 Å². The molecule has 0 fully saturated rings. The Labute approximate surface area is 115 Å². The molecule has 0 spiro atoms. The maximum Gasteiger partial charge on any atom is 0.258 e. The summed E-state index contributed by atoms with van der Waals surface area (Å²) >= 11 is 0. The molecule has 0 aliphatic carbocycles. The van der Waals surface area contributed by atoms with Gasteiger partial charge < -0.3 is 15.8 Å². The van der Waals surface area contributed by atoms with Crippen molar-refractivity contribution in [2.75, 3.05) is 11.9 Å². The molecule has 0 atom stereocenters. The minimum absolute atomic E-state index is 0.179. The van der Waals surface area contributed by atoms with E-state index in [2.05, 4.69) is 10.4 Å². The average Bonchev–Trinajstić information content (AvgIpc) is 2.85. The summed E-state index contributed by atoms with van der Waals surface area (Å²) in [5.74, 6) is -0.286. The highest BCUT2D eigenvalue weighted by atomic mass is 16.5. The second-order valence-corrected chi connectivity index (χ2v) is 4.14. The van der Waals surface area contributed by atoms with Crippen molar-refractivity contribution in [3.63, 3.8) is 0 Å². The molecule has 1 aromatic carbocycles. The fraction of sp³-hybridized carbons (Fsp3) is 0.154. The van der Waals surface area contributed by atoms with Crippen LogP contribution in [0.1, 0.15) is 10.4 Å². The molecule has 7 nitrogen and oxygen atoms in total. The number of amides is 2. The van der Waals surface area contributed by atoms with Crippen molar-refractivity contribution in [2.24, 2.45) is 12.8 Å². The van der Waals surface area contributed by atoms with Crippen molar-refractivity contribution < 1.29 is 14.3 Å². The number of primary amides is 1. The van der Waals surface area contributed by atoms with Crippen molar-refractivity contribution in [3.8, 4) is 5.75 Å². The number of hydrogen-bond donors (Lipinski definition) is 2. The van der Waals surface area contributed by atoms with Crippen LogP contribution < -0.4 is 15.8 Å². The lowest BCUT2D eigenvalue weighted by Gasteiger charge is -2.06. The van der Waals surface area contributed by atoms with Crippen molar-refractivity contribution in [3.05, 3.63) is 42.2 Å². The Morgan fingerprint density at radius 2 is 2.05 bits per heavy atom. The van der Waals surface area contributed by atoms with E-state index in [1.165, 1.54) is 6.20 Å². The van der Waals surface area contributed by atoms with Crippen LogP contribution in [-0.4, -0.2) is 28.2 Å². The van der Waals surface area contributed by atoms with Crippen LogP contribution in [0.3, 0.4) is 0 Å². The Hall–Kier alpha value is -2.83. The standard InChI is InChI=1S/C13H14N4O3/c1-17-7-9(6-15-17)13(19)16-10-2-4-11(5-3-10)20-8-12(14)18/h2-7H,8H2,1H3,(H2,14,18)(H,16,19). The van der Waals surface area contributed by atoms with E-state index in [0.29, 0.717) is 17.0 Å². The minimum Gasteiger partial charge on any atom is -0.484 e. The van der Waals surface area contributed by atoms with Gasteiger partial charge in [0.05, 0.1) is 11.8 Å². The Morgan fingerprint density at radius 3 is 2.60 bits per heavy atom. The molecule has 7 heteroatoms. The topological polar surface area (TPSA) is 99.2 Å². The summed E-state index contributed by atoms with van der Waals surface area (Å²) in [7, 11) is 1.74. The fourth-order valence-corrected chi connectivity index (χ4v) is 1.53. The van der Waals surface area contributed by atoms with Gasteiger partial charge in [-0.05, 0) is 24.3 Å². The molecule has 2 aromatic rings. The maximum atomic E-state index is 11.9. The predicted octanol–water partition coefficient (Wildman–Crippen LogP) is 0.536. The van der Waals surface area contributed by atoms with Gasteiger partial charge >= 0.3 is 0 Å². The highest BCUT2D eigenvalue weighted by Crippen LogP contribution is 2.16. The molecule has 0 aliphatic rings. The normalized spacial score (nSPS) is 10.1.